The largest absolute Gasteiger partial charge is 0.391 e. The number of nitrogens with zero attached hydrogens (tertiary/aromatic N) is 1. The van der Waals surface area contributed by atoms with Gasteiger partial charge in [0.2, 0.25) is 0 Å². The van der Waals surface area contributed by atoms with Crippen molar-refractivity contribution in [3.8, 4) is 0 Å². The number of aliphatic hydroxyl groups is 1. The summed E-state index contributed by atoms with van der Waals surface area (Å²) < 4.78 is 0. The summed E-state index contributed by atoms with van der Waals surface area (Å²) in [7, 11) is 2.21. The van der Waals surface area contributed by atoms with E-state index < -0.39 is 0 Å². The molecule has 0 saturated heterocycles. The van der Waals surface area contributed by atoms with E-state index in [0.717, 1.165) is 12.3 Å². The van der Waals surface area contributed by atoms with E-state index in [1.807, 2.05) is 0 Å². The van der Waals surface area contributed by atoms with Crippen LogP contribution in [0.1, 0.15) is 64.2 Å². The Morgan fingerprint density at radius 1 is 0.941 bits per heavy atom. The van der Waals surface area contributed by atoms with Crippen LogP contribution in [0.3, 0.4) is 0 Å². The molecule has 2 aliphatic rings. The zero-order valence-electron chi connectivity index (χ0n) is 11.4. The summed E-state index contributed by atoms with van der Waals surface area (Å²) in [5.41, 5.74) is 0. The summed E-state index contributed by atoms with van der Waals surface area (Å²) in [5, 5.41) is 10.0. The average Bonchev–Trinajstić information content (AvgIpc) is 2.38. The van der Waals surface area contributed by atoms with Crippen molar-refractivity contribution < 1.29 is 5.11 Å². The maximum Gasteiger partial charge on any atom is 0.0695 e. The topological polar surface area (TPSA) is 23.5 Å². The van der Waals surface area contributed by atoms with Gasteiger partial charge in [0, 0.05) is 6.04 Å². The predicted octanol–water partition coefficient (Wildman–Crippen LogP) is 3.19. The van der Waals surface area contributed by atoms with E-state index >= 15 is 0 Å². The molecule has 0 radical (unpaired) electrons. The molecule has 2 heteroatoms. The Hall–Kier alpha value is -0.0800. The highest BCUT2D eigenvalue weighted by Crippen LogP contribution is 2.28. The van der Waals surface area contributed by atoms with Gasteiger partial charge in [-0.25, -0.2) is 0 Å². The van der Waals surface area contributed by atoms with Crippen molar-refractivity contribution in [1.82, 2.24) is 4.90 Å². The minimum absolute atomic E-state index is 0.0693. The molecule has 1 N–H and O–H groups in total. The lowest BCUT2D eigenvalue weighted by atomic mass is 9.86. The highest BCUT2D eigenvalue weighted by molar-refractivity contribution is 4.82. The van der Waals surface area contributed by atoms with E-state index in [1.54, 1.807) is 0 Å². The zero-order valence-corrected chi connectivity index (χ0v) is 11.4. The van der Waals surface area contributed by atoms with Gasteiger partial charge < -0.3 is 10.0 Å². The molecule has 0 spiro atoms. The van der Waals surface area contributed by atoms with E-state index in [9.17, 15) is 5.11 Å². The van der Waals surface area contributed by atoms with Crippen molar-refractivity contribution >= 4 is 0 Å². The predicted molar refractivity (Wildman–Crippen MR) is 72.1 cm³/mol. The Kier molecular flexibility index (Phi) is 5.30. The van der Waals surface area contributed by atoms with Crippen molar-refractivity contribution in [2.45, 2.75) is 76.4 Å². The molecule has 0 aromatic heterocycles. The SMILES string of the molecule is CN(CCC1CCCCC1)C1CCCCC1O. The van der Waals surface area contributed by atoms with Gasteiger partial charge in [-0.05, 0) is 38.8 Å². The van der Waals surface area contributed by atoms with Gasteiger partial charge in [-0.15, -0.1) is 0 Å². The molecule has 0 aliphatic heterocycles. The van der Waals surface area contributed by atoms with Crippen LogP contribution in [0.2, 0.25) is 0 Å². The first-order valence-corrected chi connectivity index (χ1v) is 7.65. The van der Waals surface area contributed by atoms with Gasteiger partial charge >= 0.3 is 0 Å². The van der Waals surface area contributed by atoms with Gasteiger partial charge in [0.05, 0.1) is 6.10 Å². The fourth-order valence-electron chi connectivity index (χ4n) is 3.63. The van der Waals surface area contributed by atoms with Crippen LogP contribution in [0, 0.1) is 5.92 Å². The summed E-state index contributed by atoms with van der Waals surface area (Å²) in [5.74, 6) is 0.965. The first-order valence-electron chi connectivity index (χ1n) is 7.65. The van der Waals surface area contributed by atoms with E-state index in [1.165, 1.54) is 64.3 Å². The van der Waals surface area contributed by atoms with E-state index in [4.69, 9.17) is 0 Å². The standard InChI is InChI=1S/C15H29NO/c1-16(14-9-5-6-10-15(14)17)12-11-13-7-3-2-4-8-13/h13-15,17H,2-12H2,1H3. The van der Waals surface area contributed by atoms with Crippen molar-refractivity contribution in [2.75, 3.05) is 13.6 Å². The Morgan fingerprint density at radius 2 is 1.59 bits per heavy atom. The molecule has 2 unspecified atom stereocenters. The fraction of sp³-hybridized carbons (Fsp3) is 1.00. The van der Waals surface area contributed by atoms with Crippen LogP contribution < -0.4 is 0 Å². The minimum atomic E-state index is -0.0693. The molecule has 0 aromatic carbocycles. The number of rotatable bonds is 4. The molecule has 2 saturated carbocycles. The Labute approximate surface area is 106 Å². The molecule has 0 amide bonds. The smallest absolute Gasteiger partial charge is 0.0695 e. The molecular weight excluding hydrogens is 210 g/mol. The lowest BCUT2D eigenvalue weighted by Gasteiger charge is -2.36. The molecule has 100 valence electrons. The molecule has 2 rings (SSSR count). The molecule has 0 aromatic rings. The second kappa shape index (κ2) is 6.75. The number of hydrogen-bond donors (Lipinski definition) is 1. The molecule has 2 atom stereocenters. The molecule has 2 nitrogen and oxygen atoms in total. The van der Waals surface area contributed by atoms with Crippen LogP contribution in [-0.2, 0) is 0 Å². The van der Waals surface area contributed by atoms with Gasteiger partial charge in [-0.3, -0.25) is 0 Å². The summed E-state index contributed by atoms with van der Waals surface area (Å²) in [6.07, 6.45) is 13.2. The van der Waals surface area contributed by atoms with Crippen molar-refractivity contribution in [3.63, 3.8) is 0 Å². The lowest BCUT2D eigenvalue weighted by Crippen LogP contribution is -2.44. The number of likely N-dealkylation sites (N-methyl/N-ethyl adjacent to an activating group) is 1. The fourth-order valence-corrected chi connectivity index (χ4v) is 3.63. The van der Waals surface area contributed by atoms with E-state index in [0.29, 0.717) is 6.04 Å². The third-order valence-corrected chi connectivity index (χ3v) is 4.87. The van der Waals surface area contributed by atoms with Crippen molar-refractivity contribution in [3.05, 3.63) is 0 Å². The van der Waals surface area contributed by atoms with Crippen LogP contribution in [0.4, 0.5) is 0 Å². The summed E-state index contributed by atoms with van der Waals surface area (Å²) in [6.45, 7) is 1.19. The van der Waals surface area contributed by atoms with Gasteiger partial charge in [0.1, 0.15) is 0 Å². The monoisotopic (exact) mass is 239 g/mol. The summed E-state index contributed by atoms with van der Waals surface area (Å²) >= 11 is 0. The third-order valence-electron chi connectivity index (χ3n) is 4.87. The number of aliphatic hydroxyl groups excluding tert-OH is 1. The molecule has 2 fully saturated rings. The highest BCUT2D eigenvalue weighted by Gasteiger charge is 2.26. The molecular formula is C15H29NO. The molecule has 0 heterocycles. The maximum atomic E-state index is 10.0. The van der Waals surface area contributed by atoms with Gasteiger partial charge in [0.25, 0.3) is 0 Å². The van der Waals surface area contributed by atoms with E-state index in [-0.39, 0.29) is 6.10 Å². The van der Waals surface area contributed by atoms with Gasteiger partial charge in [0.15, 0.2) is 0 Å². The van der Waals surface area contributed by atoms with E-state index in [2.05, 4.69) is 11.9 Å². The van der Waals surface area contributed by atoms with Crippen molar-refractivity contribution in [2.24, 2.45) is 5.92 Å². The van der Waals surface area contributed by atoms with Crippen LogP contribution in [-0.4, -0.2) is 35.7 Å². The Bertz CT molecular complexity index is 213. The van der Waals surface area contributed by atoms with Crippen LogP contribution in [0.25, 0.3) is 0 Å². The lowest BCUT2D eigenvalue weighted by molar-refractivity contribution is 0.0293. The van der Waals surface area contributed by atoms with Gasteiger partial charge in [-0.1, -0.05) is 44.9 Å². The molecule has 0 bridgehead atoms. The second-order valence-corrected chi connectivity index (χ2v) is 6.19. The maximum absolute atomic E-state index is 10.0. The summed E-state index contributed by atoms with van der Waals surface area (Å²) in [6, 6.07) is 0.437. The van der Waals surface area contributed by atoms with Crippen LogP contribution in [0.15, 0.2) is 0 Å². The normalized spacial score (nSPS) is 31.9. The highest BCUT2D eigenvalue weighted by atomic mass is 16.3. The molecule has 2 aliphatic carbocycles. The minimum Gasteiger partial charge on any atom is -0.391 e. The quantitative estimate of drug-likeness (QED) is 0.814. The zero-order chi connectivity index (χ0) is 12.1. The summed E-state index contributed by atoms with van der Waals surface area (Å²) in [4.78, 5) is 2.43. The van der Waals surface area contributed by atoms with Crippen LogP contribution >= 0.6 is 0 Å². The van der Waals surface area contributed by atoms with Crippen molar-refractivity contribution in [1.29, 1.82) is 0 Å². The average molecular weight is 239 g/mol. The first-order chi connectivity index (χ1) is 8.27. The second-order valence-electron chi connectivity index (χ2n) is 6.19. The molecule has 17 heavy (non-hydrogen) atoms. The third kappa shape index (κ3) is 3.96. The van der Waals surface area contributed by atoms with Crippen LogP contribution in [0.5, 0.6) is 0 Å². The number of hydrogen-bond acceptors (Lipinski definition) is 2. The Morgan fingerprint density at radius 3 is 2.29 bits per heavy atom. The first kappa shape index (κ1) is 13.4. The van der Waals surface area contributed by atoms with Gasteiger partial charge in [-0.2, -0.15) is 0 Å². The Balaban J connectivity index is 1.70.